The minimum atomic E-state index is -2.47. The molecule has 72 valence electrons. The van der Waals surface area contributed by atoms with E-state index in [1.165, 1.54) is 6.20 Å². The van der Waals surface area contributed by atoms with Gasteiger partial charge in [0, 0.05) is 0 Å². The molecule has 0 aromatic carbocycles. The summed E-state index contributed by atoms with van der Waals surface area (Å²) in [7, 11) is 0. The maximum atomic E-state index is 11.8. The van der Waals surface area contributed by atoms with E-state index in [0.717, 1.165) is 0 Å². The molecule has 0 aliphatic heterocycles. The lowest BCUT2D eigenvalue weighted by molar-refractivity contribution is 0.163. The van der Waals surface area contributed by atoms with Crippen molar-refractivity contribution >= 4 is 23.4 Å². The van der Waals surface area contributed by atoms with Crippen LogP contribution in [0.3, 0.4) is 0 Å². The average Bonchev–Trinajstić information content (AvgIpc) is 2.06. The van der Waals surface area contributed by atoms with Gasteiger partial charge in [-0.3, -0.25) is 0 Å². The van der Waals surface area contributed by atoms with Gasteiger partial charge in [0.25, 0.3) is 6.43 Å². The third-order valence-corrected chi connectivity index (χ3v) is 1.46. The molecule has 1 rings (SSSR count). The van der Waals surface area contributed by atoms with Gasteiger partial charge in [-0.25, -0.2) is 13.8 Å². The number of nitrogen functional groups attached to an aromatic ring is 1. The Morgan fingerprint density at radius 1 is 1.62 bits per heavy atom. The normalized spacial score (nSPS) is 10.5. The van der Waals surface area contributed by atoms with Crippen LogP contribution in [-0.4, -0.2) is 22.9 Å². The second-order valence-electron chi connectivity index (χ2n) is 2.20. The third kappa shape index (κ3) is 2.98. The molecule has 0 unspecified atom stereocenters. The van der Waals surface area contributed by atoms with Gasteiger partial charge in [0.15, 0.2) is 5.82 Å². The summed E-state index contributed by atoms with van der Waals surface area (Å²) >= 11 is 5.59. The van der Waals surface area contributed by atoms with Crippen molar-refractivity contribution in [1.82, 2.24) is 9.97 Å². The number of hydrogen-bond donors (Lipinski definition) is 2. The molecule has 13 heavy (non-hydrogen) atoms. The number of nitrogens with zero attached hydrogens (tertiary/aromatic N) is 2. The van der Waals surface area contributed by atoms with Crippen molar-refractivity contribution in [3.05, 3.63) is 11.2 Å². The molecule has 1 heterocycles. The van der Waals surface area contributed by atoms with E-state index in [0.29, 0.717) is 0 Å². The predicted octanol–water partition coefficient (Wildman–Crippen LogP) is 1.39. The van der Waals surface area contributed by atoms with Gasteiger partial charge in [-0.15, -0.1) is 0 Å². The molecule has 0 bridgehead atoms. The maximum absolute atomic E-state index is 11.8. The lowest BCUT2D eigenvalue weighted by atomic mass is 10.5. The topological polar surface area (TPSA) is 63.8 Å². The fraction of sp³-hybridized carbons (Fsp3) is 0.333. The third-order valence-electron chi connectivity index (χ3n) is 1.19. The first-order valence-corrected chi connectivity index (χ1v) is 3.77. The van der Waals surface area contributed by atoms with Crippen LogP contribution in [0.1, 0.15) is 0 Å². The van der Waals surface area contributed by atoms with Crippen LogP contribution < -0.4 is 11.1 Å². The van der Waals surface area contributed by atoms with Crippen molar-refractivity contribution in [2.75, 3.05) is 17.6 Å². The Hall–Kier alpha value is -1.17. The summed E-state index contributed by atoms with van der Waals surface area (Å²) in [6.45, 7) is -0.518. The fourth-order valence-electron chi connectivity index (χ4n) is 0.679. The molecule has 0 amide bonds. The molecule has 0 spiro atoms. The van der Waals surface area contributed by atoms with Crippen molar-refractivity contribution in [3.63, 3.8) is 0 Å². The highest BCUT2D eigenvalue weighted by atomic mass is 35.5. The zero-order valence-electron chi connectivity index (χ0n) is 6.47. The molecule has 0 atom stereocenters. The van der Waals surface area contributed by atoms with E-state index in [9.17, 15) is 8.78 Å². The molecule has 1 aromatic heterocycles. The number of alkyl halides is 2. The number of aromatic nitrogens is 2. The van der Waals surface area contributed by atoms with Crippen LogP contribution in [0.25, 0.3) is 0 Å². The van der Waals surface area contributed by atoms with E-state index >= 15 is 0 Å². The largest absolute Gasteiger partial charge is 0.368 e. The van der Waals surface area contributed by atoms with Crippen LogP contribution >= 0.6 is 11.6 Å². The highest BCUT2D eigenvalue weighted by Crippen LogP contribution is 2.18. The van der Waals surface area contributed by atoms with Crippen molar-refractivity contribution in [2.45, 2.75) is 6.43 Å². The summed E-state index contributed by atoms with van der Waals surface area (Å²) in [6, 6.07) is 0. The van der Waals surface area contributed by atoms with Crippen molar-refractivity contribution < 1.29 is 8.78 Å². The monoisotopic (exact) mass is 208 g/mol. The molecule has 0 aliphatic rings. The summed E-state index contributed by atoms with van der Waals surface area (Å²) in [6.07, 6.45) is -1.22. The number of nitrogens with one attached hydrogen (secondary N) is 1. The van der Waals surface area contributed by atoms with Crippen molar-refractivity contribution in [1.29, 1.82) is 0 Å². The minimum Gasteiger partial charge on any atom is -0.368 e. The number of halogens is 3. The highest BCUT2D eigenvalue weighted by molar-refractivity contribution is 6.32. The molecule has 0 radical (unpaired) electrons. The van der Waals surface area contributed by atoms with Gasteiger partial charge in [-0.05, 0) is 0 Å². The first kappa shape index (κ1) is 9.91. The zero-order valence-corrected chi connectivity index (χ0v) is 7.22. The number of nitrogens with two attached hydrogens (primary N) is 1. The fourth-order valence-corrected chi connectivity index (χ4v) is 0.836. The molecule has 7 heteroatoms. The van der Waals surface area contributed by atoms with Crippen LogP contribution in [0.2, 0.25) is 5.02 Å². The first-order valence-electron chi connectivity index (χ1n) is 3.39. The Morgan fingerprint density at radius 2 is 2.31 bits per heavy atom. The molecule has 0 saturated carbocycles. The van der Waals surface area contributed by atoms with Gasteiger partial charge >= 0.3 is 0 Å². The lowest BCUT2D eigenvalue weighted by Crippen LogP contribution is -2.12. The summed E-state index contributed by atoms with van der Waals surface area (Å²) < 4.78 is 23.5. The van der Waals surface area contributed by atoms with E-state index in [1.54, 1.807) is 0 Å². The molecular formula is C6H7ClF2N4. The average molecular weight is 209 g/mol. The van der Waals surface area contributed by atoms with Crippen LogP contribution in [0, 0.1) is 0 Å². The number of hydrogen-bond acceptors (Lipinski definition) is 4. The van der Waals surface area contributed by atoms with Crippen molar-refractivity contribution in [2.24, 2.45) is 0 Å². The predicted molar refractivity (Wildman–Crippen MR) is 45.9 cm³/mol. The van der Waals surface area contributed by atoms with Crippen LogP contribution in [0.5, 0.6) is 0 Å². The van der Waals surface area contributed by atoms with Gasteiger partial charge < -0.3 is 11.1 Å². The van der Waals surface area contributed by atoms with E-state index < -0.39 is 13.0 Å². The lowest BCUT2D eigenvalue weighted by Gasteiger charge is -2.05. The van der Waals surface area contributed by atoms with Crippen LogP contribution in [0.4, 0.5) is 20.5 Å². The molecule has 0 aliphatic carbocycles. The Bertz CT molecular complexity index is 294. The van der Waals surface area contributed by atoms with Gasteiger partial charge in [0.05, 0.1) is 12.7 Å². The van der Waals surface area contributed by atoms with E-state index in [1.807, 2.05) is 0 Å². The quantitative estimate of drug-likeness (QED) is 0.788. The van der Waals surface area contributed by atoms with Gasteiger partial charge in [-0.2, -0.15) is 4.98 Å². The Morgan fingerprint density at radius 3 is 2.92 bits per heavy atom. The summed E-state index contributed by atoms with van der Waals surface area (Å²) in [5.74, 6) is 0.107. The smallest absolute Gasteiger partial charge is 0.255 e. The molecule has 4 nitrogen and oxygen atoms in total. The summed E-state index contributed by atoms with van der Waals surface area (Å²) in [4.78, 5) is 7.21. The Kier molecular flexibility index (Phi) is 3.18. The zero-order chi connectivity index (χ0) is 9.84. The second kappa shape index (κ2) is 4.18. The maximum Gasteiger partial charge on any atom is 0.255 e. The Labute approximate surface area is 78.1 Å². The summed E-state index contributed by atoms with van der Waals surface area (Å²) in [5.41, 5.74) is 5.23. The first-order chi connectivity index (χ1) is 6.09. The van der Waals surface area contributed by atoms with E-state index in [-0.39, 0.29) is 16.8 Å². The van der Waals surface area contributed by atoms with E-state index in [4.69, 9.17) is 17.3 Å². The van der Waals surface area contributed by atoms with E-state index in [2.05, 4.69) is 15.3 Å². The number of anilines is 2. The van der Waals surface area contributed by atoms with Gasteiger partial charge in [0.2, 0.25) is 5.95 Å². The Balaban J connectivity index is 2.70. The SMILES string of the molecule is Nc1ncc(Cl)c(NCC(F)F)n1. The molecule has 3 N–H and O–H groups in total. The van der Waals surface area contributed by atoms with Crippen LogP contribution in [-0.2, 0) is 0 Å². The molecule has 0 fully saturated rings. The molecule has 0 saturated heterocycles. The van der Waals surface area contributed by atoms with Crippen molar-refractivity contribution in [3.8, 4) is 0 Å². The van der Waals surface area contributed by atoms with Gasteiger partial charge in [-0.1, -0.05) is 11.6 Å². The standard InChI is InChI=1S/C6H7ClF2N4/c7-3-1-12-6(10)13-5(3)11-2-4(8)9/h1,4H,2H2,(H3,10,11,12,13). The van der Waals surface area contributed by atoms with Gasteiger partial charge in [0.1, 0.15) is 5.02 Å². The summed E-state index contributed by atoms with van der Waals surface area (Å²) in [5, 5.41) is 2.50. The molecular weight excluding hydrogens is 202 g/mol. The minimum absolute atomic E-state index is 0.0128. The molecule has 1 aromatic rings. The van der Waals surface area contributed by atoms with Crippen LogP contribution in [0.15, 0.2) is 6.20 Å². The highest BCUT2D eigenvalue weighted by Gasteiger charge is 2.06. The second-order valence-corrected chi connectivity index (χ2v) is 2.60. The number of rotatable bonds is 3.